The van der Waals surface area contributed by atoms with Gasteiger partial charge in [-0.25, -0.2) is 14.8 Å². The fraction of sp³-hybridized carbons (Fsp3) is 0.333. The average Bonchev–Trinajstić information content (AvgIpc) is 3.37. The number of carboxylic acid groups (broad SMARTS) is 1. The molecule has 0 saturated carbocycles. The molecule has 0 aliphatic carbocycles. The number of carboxylic acids is 1. The molecule has 3 aromatic heterocycles. The van der Waals surface area contributed by atoms with E-state index in [1.165, 1.54) is 17.5 Å². The second kappa shape index (κ2) is 8.46. The zero-order valence-corrected chi connectivity index (χ0v) is 17.4. The molecule has 1 fully saturated rings. The Kier molecular flexibility index (Phi) is 6.18. The fourth-order valence-corrected chi connectivity index (χ4v) is 4.10. The molecule has 154 valence electrons. The van der Waals surface area contributed by atoms with E-state index in [0.717, 1.165) is 0 Å². The Hall–Kier alpha value is -2.53. The monoisotopic (exact) mass is 437 g/mol. The van der Waals surface area contributed by atoms with Crippen molar-refractivity contribution >= 4 is 46.6 Å². The summed E-state index contributed by atoms with van der Waals surface area (Å²) in [6, 6.07) is 3.54. The van der Waals surface area contributed by atoms with Gasteiger partial charge in [0.2, 0.25) is 5.43 Å². The minimum Gasteiger partial charge on any atom is -0.477 e. The van der Waals surface area contributed by atoms with E-state index in [2.05, 4.69) is 15.2 Å². The number of hydrogen-bond donors (Lipinski definition) is 2. The number of fused-ring (bicyclic) bond motifs is 1. The van der Waals surface area contributed by atoms with Gasteiger partial charge < -0.3 is 20.1 Å². The average molecular weight is 438 g/mol. The summed E-state index contributed by atoms with van der Waals surface area (Å²) in [4.78, 5) is 35.2. The maximum atomic E-state index is 12.6. The second-order valence-corrected chi connectivity index (χ2v) is 7.35. The van der Waals surface area contributed by atoms with Crippen LogP contribution in [0.3, 0.4) is 0 Å². The first-order valence-electron chi connectivity index (χ1n) is 8.68. The van der Waals surface area contributed by atoms with Crippen LogP contribution in [0.5, 0.6) is 0 Å². The smallest absolute Gasteiger partial charge is 0.341 e. The van der Waals surface area contributed by atoms with E-state index in [1.54, 1.807) is 35.4 Å². The normalized spacial score (nSPS) is 18.8. The summed E-state index contributed by atoms with van der Waals surface area (Å²) in [5, 5.41) is 15.2. The second-order valence-electron chi connectivity index (χ2n) is 6.48. The predicted molar refractivity (Wildman–Crippen MR) is 113 cm³/mol. The van der Waals surface area contributed by atoms with E-state index in [1.807, 2.05) is 7.05 Å². The van der Waals surface area contributed by atoms with Crippen molar-refractivity contribution in [2.45, 2.75) is 12.1 Å². The first-order valence-corrected chi connectivity index (χ1v) is 9.56. The molecule has 4 heterocycles. The van der Waals surface area contributed by atoms with E-state index < -0.39 is 11.4 Å². The standard InChI is InChI=1S/C18H19N5O4S.ClH/c1-19-12-8-22(9-13(12)27-2)14-4-3-10-15(24)11(17(25)26)7-23(16(10)21-14)18-20-5-6-28-18;/h3-7,12-13,19H,8-9H2,1-2H3,(H,25,26);1H/t12-,13-;/m0./s1. The van der Waals surface area contributed by atoms with Gasteiger partial charge in [0.15, 0.2) is 10.8 Å². The Morgan fingerprint density at radius 2 is 2.17 bits per heavy atom. The van der Waals surface area contributed by atoms with Crippen LogP contribution in [-0.2, 0) is 4.74 Å². The van der Waals surface area contributed by atoms with Gasteiger partial charge in [-0.05, 0) is 19.2 Å². The van der Waals surface area contributed by atoms with Gasteiger partial charge in [0.1, 0.15) is 11.4 Å². The molecule has 0 amide bonds. The number of rotatable bonds is 5. The molecule has 29 heavy (non-hydrogen) atoms. The first kappa shape index (κ1) is 21.2. The van der Waals surface area contributed by atoms with Crippen molar-refractivity contribution in [2.24, 2.45) is 0 Å². The van der Waals surface area contributed by atoms with Gasteiger partial charge >= 0.3 is 5.97 Å². The van der Waals surface area contributed by atoms with Crippen molar-refractivity contribution in [3.63, 3.8) is 0 Å². The highest BCUT2D eigenvalue weighted by Gasteiger charge is 2.32. The largest absolute Gasteiger partial charge is 0.477 e. The van der Waals surface area contributed by atoms with Crippen LogP contribution in [0.15, 0.2) is 34.7 Å². The lowest BCUT2D eigenvalue weighted by Crippen LogP contribution is -2.37. The number of pyridine rings is 2. The number of anilines is 1. The molecule has 9 nitrogen and oxygen atoms in total. The first-order chi connectivity index (χ1) is 13.5. The lowest BCUT2D eigenvalue weighted by molar-refractivity contribution is 0.0695. The Balaban J connectivity index is 0.00000240. The van der Waals surface area contributed by atoms with Crippen molar-refractivity contribution in [3.8, 4) is 5.13 Å². The quantitative estimate of drug-likeness (QED) is 0.616. The number of aromatic carboxylic acids is 1. The molecule has 1 aliphatic heterocycles. The number of thiazole rings is 1. The maximum Gasteiger partial charge on any atom is 0.341 e. The van der Waals surface area contributed by atoms with Crippen LogP contribution in [-0.4, -0.2) is 65.0 Å². The van der Waals surface area contributed by atoms with Crippen LogP contribution in [0.25, 0.3) is 16.2 Å². The number of nitrogens with zero attached hydrogens (tertiary/aromatic N) is 4. The van der Waals surface area contributed by atoms with Crippen molar-refractivity contribution in [1.82, 2.24) is 19.9 Å². The van der Waals surface area contributed by atoms with E-state index in [4.69, 9.17) is 9.72 Å². The Labute approximate surface area is 176 Å². The molecule has 1 saturated heterocycles. The molecular formula is C18H20ClN5O4S. The number of nitrogens with one attached hydrogen (secondary N) is 1. The van der Waals surface area contributed by atoms with Gasteiger partial charge in [-0.3, -0.25) is 9.36 Å². The molecule has 0 unspecified atom stereocenters. The van der Waals surface area contributed by atoms with Gasteiger partial charge in [-0.15, -0.1) is 23.7 Å². The van der Waals surface area contributed by atoms with Crippen molar-refractivity contribution in [1.29, 1.82) is 0 Å². The number of ether oxygens (including phenoxy) is 1. The van der Waals surface area contributed by atoms with E-state index in [9.17, 15) is 14.7 Å². The van der Waals surface area contributed by atoms with Gasteiger partial charge in [-0.2, -0.15) is 0 Å². The van der Waals surface area contributed by atoms with Crippen molar-refractivity contribution in [3.05, 3.63) is 45.7 Å². The van der Waals surface area contributed by atoms with Gasteiger partial charge in [0, 0.05) is 38.0 Å². The summed E-state index contributed by atoms with van der Waals surface area (Å²) in [6.45, 7) is 1.37. The summed E-state index contributed by atoms with van der Waals surface area (Å²) >= 11 is 1.34. The molecule has 11 heteroatoms. The van der Waals surface area contributed by atoms with Crippen LogP contribution in [0, 0.1) is 0 Å². The summed E-state index contributed by atoms with van der Waals surface area (Å²) in [5.74, 6) is -0.583. The molecule has 0 spiro atoms. The number of likely N-dealkylation sites (N-methyl/N-ethyl adjacent to an activating group) is 1. The number of aromatic nitrogens is 3. The number of halogens is 1. The predicted octanol–water partition coefficient (Wildman–Crippen LogP) is 1.39. The Morgan fingerprint density at radius 3 is 2.76 bits per heavy atom. The molecule has 4 rings (SSSR count). The van der Waals surface area contributed by atoms with Gasteiger partial charge in [0.05, 0.1) is 17.5 Å². The molecule has 2 atom stereocenters. The van der Waals surface area contributed by atoms with E-state index >= 15 is 0 Å². The zero-order chi connectivity index (χ0) is 19.8. The van der Waals surface area contributed by atoms with Crippen LogP contribution < -0.4 is 15.6 Å². The fourth-order valence-electron chi connectivity index (χ4n) is 3.48. The molecular weight excluding hydrogens is 418 g/mol. The Bertz CT molecular complexity index is 1080. The lowest BCUT2D eigenvalue weighted by atomic mass is 10.2. The van der Waals surface area contributed by atoms with Crippen LogP contribution >= 0.6 is 23.7 Å². The maximum absolute atomic E-state index is 12.6. The topological polar surface area (TPSA) is 110 Å². The molecule has 3 aromatic rings. The molecule has 1 aliphatic rings. The summed E-state index contributed by atoms with van der Waals surface area (Å²) in [7, 11) is 3.57. The summed E-state index contributed by atoms with van der Waals surface area (Å²) < 4.78 is 7.10. The van der Waals surface area contributed by atoms with Crippen LogP contribution in [0.2, 0.25) is 0 Å². The van der Waals surface area contributed by atoms with Crippen LogP contribution in [0.1, 0.15) is 10.4 Å². The van der Waals surface area contributed by atoms with E-state index in [-0.39, 0.29) is 35.5 Å². The van der Waals surface area contributed by atoms with E-state index in [0.29, 0.717) is 29.7 Å². The highest BCUT2D eigenvalue weighted by atomic mass is 35.5. The number of methoxy groups -OCH3 is 1. The third-order valence-corrected chi connectivity index (χ3v) is 5.73. The van der Waals surface area contributed by atoms with Gasteiger partial charge in [0.25, 0.3) is 0 Å². The third kappa shape index (κ3) is 3.71. The lowest BCUT2D eigenvalue weighted by Gasteiger charge is -2.18. The number of carbonyl (C=O) groups is 1. The minimum atomic E-state index is -1.28. The van der Waals surface area contributed by atoms with Crippen molar-refractivity contribution in [2.75, 3.05) is 32.1 Å². The minimum absolute atomic E-state index is 0. The zero-order valence-electron chi connectivity index (χ0n) is 15.7. The highest BCUT2D eigenvalue weighted by molar-refractivity contribution is 7.12. The molecule has 0 radical (unpaired) electrons. The summed E-state index contributed by atoms with van der Waals surface area (Å²) in [5.41, 5.74) is -0.490. The number of hydrogen-bond acceptors (Lipinski definition) is 8. The van der Waals surface area contributed by atoms with Gasteiger partial charge in [-0.1, -0.05) is 0 Å². The Morgan fingerprint density at radius 1 is 1.38 bits per heavy atom. The van der Waals surface area contributed by atoms with Crippen molar-refractivity contribution < 1.29 is 14.6 Å². The van der Waals surface area contributed by atoms with Crippen LogP contribution in [0.4, 0.5) is 5.82 Å². The molecule has 0 aromatic carbocycles. The summed E-state index contributed by atoms with van der Waals surface area (Å²) in [6.07, 6.45) is 2.94. The molecule has 0 bridgehead atoms. The third-order valence-electron chi connectivity index (χ3n) is 4.96. The SMILES string of the molecule is CN[C@H]1CN(c2ccc3c(=O)c(C(=O)O)cn(-c4nccs4)c3n2)C[C@@H]1OC.Cl. The molecule has 2 N–H and O–H groups in total. The highest BCUT2D eigenvalue weighted by Crippen LogP contribution is 2.24.